The van der Waals surface area contributed by atoms with E-state index in [2.05, 4.69) is 31.0 Å². The Bertz CT molecular complexity index is 404. The number of methoxy groups -OCH3 is 1. The molecule has 104 valence electrons. The van der Waals surface area contributed by atoms with Gasteiger partial charge in [-0.25, -0.2) is 0 Å². The number of ether oxygens (including phenoxy) is 2. The molecule has 0 radical (unpaired) electrons. The zero-order valence-corrected chi connectivity index (χ0v) is 12.0. The van der Waals surface area contributed by atoms with Crippen molar-refractivity contribution in [3.63, 3.8) is 0 Å². The van der Waals surface area contributed by atoms with Gasteiger partial charge in [0.2, 0.25) is 0 Å². The van der Waals surface area contributed by atoms with Gasteiger partial charge in [-0.3, -0.25) is 5.32 Å². The molecule has 0 atom stereocenters. The highest BCUT2D eigenvalue weighted by Crippen LogP contribution is 2.01. The molecule has 19 heavy (non-hydrogen) atoms. The van der Waals surface area contributed by atoms with Crippen LogP contribution in [0.3, 0.4) is 0 Å². The Labute approximate surface area is 116 Å². The Hall–Kier alpha value is -1.34. The summed E-state index contributed by atoms with van der Waals surface area (Å²) in [4.78, 5) is 0. The molecule has 0 aliphatic rings. The van der Waals surface area contributed by atoms with Gasteiger partial charge in [0, 0.05) is 19.2 Å². The Morgan fingerprint density at radius 2 is 1.84 bits per heavy atom. The third-order valence-corrected chi connectivity index (χ3v) is 2.54. The first-order valence-corrected chi connectivity index (χ1v) is 6.54. The molecular weight excluding hydrogens is 238 g/mol. The quantitative estimate of drug-likeness (QED) is 0.602. The largest absolute Gasteiger partial charge is 0.382 e. The van der Waals surface area contributed by atoms with Gasteiger partial charge >= 0.3 is 0 Å². The van der Waals surface area contributed by atoms with Crippen LogP contribution in [-0.2, 0) is 9.47 Å². The lowest BCUT2D eigenvalue weighted by Gasteiger charge is -2.19. The van der Waals surface area contributed by atoms with Crippen LogP contribution in [0.25, 0.3) is 0 Å². The first kappa shape index (κ1) is 15.7. The number of hydrogen-bond donors (Lipinski definition) is 1. The van der Waals surface area contributed by atoms with E-state index in [0.29, 0.717) is 19.8 Å². The molecule has 0 saturated heterocycles. The first-order chi connectivity index (χ1) is 9.14. The Morgan fingerprint density at radius 1 is 1.11 bits per heavy atom. The minimum atomic E-state index is -0.222. The standard InChI is InChI=1S/C16H23NO2/c1-16(2,17-11-12-19-14-13-18-3)10-9-15-7-5-4-6-8-15/h4-8,17H,11-14H2,1-3H3. The lowest BCUT2D eigenvalue weighted by atomic mass is 10.1. The molecule has 1 N–H and O–H groups in total. The van der Waals surface area contributed by atoms with Crippen molar-refractivity contribution in [1.29, 1.82) is 0 Å². The van der Waals surface area contributed by atoms with E-state index in [0.717, 1.165) is 12.1 Å². The first-order valence-electron chi connectivity index (χ1n) is 6.54. The summed E-state index contributed by atoms with van der Waals surface area (Å²) in [6.07, 6.45) is 0. The summed E-state index contributed by atoms with van der Waals surface area (Å²) in [5.41, 5.74) is 0.814. The summed E-state index contributed by atoms with van der Waals surface area (Å²) in [5.74, 6) is 6.41. The molecule has 0 unspecified atom stereocenters. The van der Waals surface area contributed by atoms with Gasteiger partial charge in [0.25, 0.3) is 0 Å². The molecule has 0 amide bonds. The molecule has 0 heterocycles. The molecule has 0 spiro atoms. The maximum Gasteiger partial charge on any atom is 0.0748 e. The smallest absolute Gasteiger partial charge is 0.0748 e. The van der Waals surface area contributed by atoms with E-state index in [1.54, 1.807) is 7.11 Å². The van der Waals surface area contributed by atoms with Crippen LogP contribution in [0.5, 0.6) is 0 Å². The molecule has 1 rings (SSSR count). The van der Waals surface area contributed by atoms with Crippen LogP contribution in [0.1, 0.15) is 19.4 Å². The molecule has 3 nitrogen and oxygen atoms in total. The Kier molecular flexibility index (Phi) is 7.20. The van der Waals surface area contributed by atoms with E-state index >= 15 is 0 Å². The van der Waals surface area contributed by atoms with Crippen molar-refractivity contribution in [3.05, 3.63) is 35.9 Å². The molecule has 0 saturated carbocycles. The molecule has 0 aliphatic carbocycles. The Balaban J connectivity index is 2.30. The van der Waals surface area contributed by atoms with Crippen molar-refractivity contribution in [2.45, 2.75) is 19.4 Å². The van der Waals surface area contributed by atoms with Gasteiger partial charge in [0.05, 0.1) is 25.4 Å². The van der Waals surface area contributed by atoms with Gasteiger partial charge in [-0.2, -0.15) is 0 Å². The average Bonchev–Trinajstić information content (AvgIpc) is 2.42. The predicted octanol–water partition coefficient (Wildman–Crippen LogP) is 2.07. The van der Waals surface area contributed by atoms with Gasteiger partial charge in [0.15, 0.2) is 0 Å². The summed E-state index contributed by atoms with van der Waals surface area (Å²) in [5, 5.41) is 3.37. The molecule has 3 heteroatoms. The fourth-order valence-electron chi connectivity index (χ4n) is 1.47. The zero-order valence-electron chi connectivity index (χ0n) is 12.0. The second-order valence-corrected chi connectivity index (χ2v) is 4.77. The SMILES string of the molecule is COCCOCCNC(C)(C)C#Cc1ccccc1. The van der Waals surface area contributed by atoms with E-state index in [9.17, 15) is 0 Å². The third kappa shape index (κ3) is 7.63. The van der Waals surface area contributed by atoms with Gasteiger partial charge in [-0.15, -0.1) is 0 Å². The van der Waals surface area contributed by atoms with Crippen LogP contribution in [0.15, 0.2) is 30.3 Å². The summed E-state index contributed by atoms with van der Waals surface area (Å²) >= 11 is 0. The number of nitrogens with one attached hydrogen (secondary N) is 1. The van der Waals surface area contributed by atoms with Crippen LogP contribution in [0.2, 0.25) is 0 Å². The molecule has 0 bridgehead atoms. The highest BCUT2D eigenvalue weighted by molar-refractivity contribution is 5.36. The van der Waals surface area contributed by atoms with E-state index < -0.39 is 0 Å². The normalized spacial score (nSPS) is 10.9. The van der Waals surface area contributed by atoms with Crippen LogP contribution in [0, 0.1) is 11.8 Å². The molecule has 0 aromatic heterocycles. The molecule has 1 aromatic carbocycles. The molecule has 1 aromatic rings. The summed E-state index contributed by atoms with van der Waals surface area (Å²) in [6, 6.07) is 10.0. The summed E-state index contributed by atoms with van der Waals surface area (Å²) in [6.45, 7) is 6.85. The summed E-state index contributed by atoms with van der Waals surface area (Å²) in [7, 11) is 1.67. The number of rotatable bonds is 7. The second kappa shape index (κ2) is 8.71. The van der Waals surface area contributed by atoms with E-state index in [1.165, 1.54) is 0 Å². The predicted molar refractivity (Wildman–Crippen MR) is 78.1 cm³/mol. The van der Waals surface area contributed by atoms with Gasteiger partial charge in [0.1, 0.15) is 0 Å². The topological polar surface area (TPSA) is 30.5 Å². The minimum absolute atomic E-state index is 0.222. The van der Waals surface area contributed by atoms with E-state index in [4.69, 9.17) is 9.47 Å². The van der Waals surface area contributed by atoms with Gasteiger partial charge in [-0.05, 0) is 26.0 Å². The van der Waals surface area contributed by atoms with Crippen molar-refractivity contribution in [2.75, 3.05) is 33.5 Å². The second-order valence-electron chi connectivity index (χ2n) is 4.77. The van der Waals surface area contributed by atoms with Gasteiger partial charge in [-0.1, -0.05) is 30.0 Å². The van der Waals surface area contributed by atoms with Crippen molar-refractivity contribution < 1.29 is 9.47 Å². The molecular formula is C16H23NO2. The average molecular weight is 261 g/mol. The zero-order chi connectivity index (χ0) is 14.0. The van der Waals surface area contributed by atoms with Crippen LogP contribution >= 0.6 is 0 Å². The monoisotopic (exact) mass is 261 g/mol. The van der Waals surface area contributed by atoms with E-state index in [-0.39, 0.29) is 5.54 Å². The fourth-order valence-corrected chi connectivity index (χ4v) is 1.47. The van der Waals surface area contributed by atoms with Crippen molar-refractivity contribution >= 4 is 0 Å². The van der Waals surface area contributed by atoms with Gasteiger partial charge < -0.3 is 9.47 Å². The number of benzene rings is 1. The lowest BCUT2D eigenvalue weighted by molar-refractivity contribution is 0.0706. The van der Waals surface area contributed by atoms with Crippen LogP contribution in [-0.4, -0.2) is 39.0 Å². The van der Waals surface area contributed by atoms with Crippen molar-refractivity contribution in [1.82, 2.24) is 5.32 Å². The maximum absolute atomic E-state index is 5.40. The third-order valence-electron chi connectivity index (χ3n) is 2.54. The Morgan fingerprint density at radius 3 is 2.53 bits per heavy atom. The summed E-state index contributed by atoms with van der Waals surface area (Å²) < 4.78 is 10.3. The van der Waals surface area contributed by atoms with Crippen LogP contribution < -0.4 is 5.32 Å². The highest BCUT2D eigenvalue weighted by atomic mass is 16.5. The fraction of sp³-hybridized carbons (Fsp3) is 0.500. The number of hydrogen-bond acceptors (Lipinski definition) is 3. The highest BCUT2D eigenvalue weighted by Gasteiger charge is 2.12. The minimum Gasteiger partial charge on any atom is -0.382 e. The van der Waals surface area contributed by atoms with E-state index in [1.807, 2.05) is 30.3 Å². The van der Waals surface area contributed by atoms with Crippen LogP contribution in [0.4, 0.5) is 0 Å². The maximum atomic E-state index is 5.40. The van der Waals surface area contributed by atoms with Crippen molar-refractivity contribution in [2.24, 2.45) is 0 Å². The lowest BCUT2D eigenvalue weighted by Crippen LogP contribution is -2.39. The van der Waals surface area contributed by atoms with Crippen molar-refractivity contribution in [3.8, 4) is 11.8 Å². The molecule has 0 aliphatic heterocycles. The molecule has 0 fully saturated rings.